The molecule has 1 amide bonds. The topological polar surface area (TPSA) is 116 Å². The molecule has 0 saturated carbocycles. The monoisotopic (exact) mass is 371 g/mol. The number of rotatable bonds is 5. The first-order valence-corrected chi connectivity index (χ1v) is 7.85. The third-order valence-corrected chi connectivity index (χ3v) is 3.81. The number of carbonyl (C=O) groups is 1. The SMILES string of the molecule is CC(NC(=O)/C(C#N)=C/c1cc(Cl)cc([N+](=O)[O-])c1O)c1ccccc1. The average Bonchev–Trinajstić information content (AvgIpc) is 2.62. The van der Waals surface area contributed by atoms with Gasteiger partial charge in [-0.05, 0) is 24.6 Å². The molecule has 0 aliphatic rings. The summed E-state index contributed by atoms with van der Waals surface area (Å²) in [5, 5.41) is 32.8. The van der Waals surface area contributed by atoms with Crippen LogP contribution in [0.1, 0.15) is 24.1 Å². The summed E-state index contributed by atoms with van der Waals surface area (Å²) in [7, 11) is 0. The fourth-order valence-corrected chi connectivity index (χ4v) is 2.48. The van der Waals surface area contributed by atoms with E-state index in [9.17, 15) is 25.3 Å². The molecular formula is C18H14ClN3O4. The minimum atomic E-state index is -0.803. The summed E-state index contributed by atoms with van der Waals surface area (Å²) in [6.45, 7) is 1.75. The molecule has 0 aliphatic carbocycles. The molecule has 8 heteroatoms. The van der Waals surface area contributed by atoms with Crippen LogP contribution in [0.2, 0.25) is 5.02 Å². The van der Waals surface area contributed by atoms with Crippen molar-refractivity contribution in [3.8, 4) is 11.8 Å². The second-order valence-corrected chi connectivity index (χ2v) is 5.83. The maximum Gasteiger partial charge on any atom is 0.312 e. The van der Waals surface area contributed by atoms with E-state index in [2.05, 4.69) is 5.32 Å². The normalized spacial score (nSPS) is 12.1. The van der Waals surface area contributed by atoms with Crippen LogP contribution in [0.5, 0.6) is 5.75 Å². The molecule has 1 unspecified atom stereocenters. The fourth-order valence-electron chi connectivity index (χ4n) is 2.26. The molecule has 7 nitrogen and oxygen atoms in total. The Balaban J connectivity index is 2.32. The first kappa shape index (κ1) is 19.0. The van der Waals surface area contributed by atoms with Crippen molar-refractivity contribution in [2.75, 3.05) is 0 Å². The summed E-state index contributed by atoms with van der Waals surface area (Å²) in [5.74, 6) is -1.35. The van der Waals surface area contributed by atoms with Crippen LogP contribution in [-0.2, 0) is 4.79 Å². The molecule has 0 aromatic heterocycles. The van der Waals surface area contributed by atoms with E-state index in [0.29, 0.717) is 0 Å². The summed E-state index contributed by atoms with van der Waals surface area (Å²) >= 11 is 5.81. The molecule has 132 valence electrons. The lowest BCUT2D eigenvalue weighted by atomic mass is 10.1. The van der Waals surface area contributed by atoms with E-state index in [1.165, 1.54) is 6.07 Å². The molecule has 0 aliphatic heterocycles. The zero-order chi connectivity index (χ0) is 19.3. The van der Waals surface area contributed by atoms with Gasteiger partial charge in [-0.2, -0.15) is 5.26 Å². The van der Waals surface area contributed by atoms with Gasteiger partial charge in [0.05, 0.1) is 11.0 Å². The number of nitrogens with zero attached hydrogens (tertiary/aromatic N) is 2. The van der Waals surface area contributed by atoms with Crippen LogP contribution >= 0.6 is 11.6 Å². The number of hydrogen-bond acceptors (Lipinski definition) is 5. The number of benzene rings is 2. The number of phenolic OH excluding ortho intramolecular Hbond substituents is 1. The van der Waals surface area contributed by atoms with Crippen LogP contribution in [-0.4, -0.2) is 15.9 Å². The standard InChI is InChI=1S/C18H14ClN3O4/c1-11(12-5-3-2-4-6-12)21-18(24)14(10-20)7-13-8-15(19)9-16(17(13)23)22(25)26/h2-9,11,23H,1H3,(H,21,24)/b14-7+. The second kappa shape index (κ2) is 8.14. The lowest BCUT2D eigenvalue weighted by Crippen LogP contribution is -2.27. The van der Waals surface area contributed by atoms with Gasteiger partial charge < -0.3 is 10.4 Å². The van der Waals surface area contributed by atoms with E-state index in [4.69, 9.17) is 11.6 Å². The van der Waals surface area contributed by atoms with Gasteiger partial charge in [0.25, 0.3) is 5.91 Å². The lowest BCUT2D eigenvalue weighted by Gasteiger charge is -2.13. The van der Waals surface area contributed by atoms with E-state index in [1.54, 1.807) is 13.0 Å². The van der Waals surface area contributed by atoms with Crippen molar-refractivity contribution >= 4 is 29.3 Å². The molecule has 0 spiro atoms. The quantitative estimate of drug-likeness (QED) is 0.359. The molecule has 26 heavy (non-hydrogen) atoms. The second-order valence-electron chi connectivity index (χ2n) is 5.40. The third kappa shape index (κ3) is 4.37. The highest BCUT2D eigenvalue weighted by molar-refractivity contribution is 6.31. The summed E-state index contributed by atoms with van der Waals surface area (Å²) in [5.41, 5.74) is -0.179. The van der Waals surface area contributed by atoms with Crippen LogP contribution in [0.3, 0.4) is 0 Å². The Bertz CT molecular complexity index is 920. The Morgan fingerprint density at radius 2 is 2.04 bits per heavy atom. The number of carbonyl (C=O) groups excluding carboxylic acids is 1. The Morgan fingerprint density at radius 3 is 2.62 bits per heavy atom. The van der Waals surface area contributed by atoms with Gasteiger partial charge in [-0.3, -0.25) is 14.9 Å². The van der Waals surface area contributed by atoms with Crippen molar-refractivity contribution in [2.24, 2.45) is 0 Å². The Morgan fingerprint density at radius 1 is 1.38 bits per heavy atom. The van der Waals surface area contributed by atoms with Crippen LogP contribution in [0.4, 0.5) is 5.69 Å². The van der Waals surface area contributed by atoms with Crippen molar-refractivity contribution in [2.45, 2.75) is 13.0 Å². The zero-order valence-electron chi connectivity index (χ0n) is 13.6. The van der Waals surface area contributed by atoms with Crippen molar-refractivity contribution in [3.63, 3.8) is 0 Å². The smallest absolute Gasteiger partial charge is 0.312 e. The van der Waals surface area contributed by atoms with Crippen LogP contribution in [0.15, 0.2) is 48.0 Å². The maximum atomic E-state index is 12.3. The highest BCUT2D eigenvalue weighted by atomic mass is 35.5. The molecule has 0 bridgehead atoms. The number of aromatic hydroxyl groups is 1. The molecule has 2 aromatic rings. The first-order chi connectivity index (χ1) is 12.3. The predicted molar refractivity (Wildman–Crippen MR) is 96.4 cm³/mol. The first-order valence-electron chi connectivity index (χ1n) is 7.48. The number of nitro groups is 1. The van der Waals surface area contributed by atoms with E-state index in [-0.39, 0.29) is 22.2 Å². The van der Waals surface area contributed by atoms with E-state index < -0.39 is 22.3 Å². The van der Waals surface area contributed by atoms with Crippen LogP contribution in [0.25, 0.3) is 6.08 Å². The Labute approximate surface area is 154 Å². The van der Waals surface area contributed by atoms with Crippen LogP contribution < -0.4 is 5.32 Å². The maximum absolute atomic E-state index is 12.3. The van der Waals surface area contributed by atoms with Crippen molar-refractivity contribution < 1.29 is 14.8 Å². The van der Waals surface area contributed by atoms with Gasteiger partial charge >= 0.3 is 5.69 Å². The van der Waals surface area contributed by atoms with Crippen molar-refractivity contribution in [1.82, 2.24) is 5.32 Å². The van der Waals surface area contributed by atoms with E-state index >= 15 is 0 Å². The summed E-state index contributed by atoms with van der Waals surface area (Å²) in [4.78, 5) is 22.5. The molecule has 0 radical (unpaired) electrons. The number of nitro benzene ring substituents is 1. The molecule has 0 saturated heterocycles. The van der Waals surface area contributed by atoms with E-state index in [1.807, 2.05) is 30.3 Å². The molecule has 0 fully saturated rings. The van der Waals surface area contributed by atoms with Crippen molar-refractivity contribution in [3.05, 3.63) is 74.3 Å². The largest absolute Gasteiger partial charge is 0.502 e. The summed E-state index contributed by atoms with van der Waals surface area (Å²) in [6, 6.07) is 12.7. The predicted octanol–water partition coefficient (Wildman–Crippen LogP) is 3.74. The minimum Gasteiger partial charge on any atom is -0.502 e. The van der Waals surface area contributed by atoms with Gasteiger partial charge in [-0.25, -0.2) is 0 Å². The lowest BCUT2D eigenvalue weighted by molar-refractivity contribution is -0.385. The number of nitriles is 1. The number of phenols is 1. The minimum absolute atomic E-state index is 0.00361. The number of amides is 1. The summed E-state index contributed by atoms with van der Waals surface area (Å²) < 4.78 is 0. The zero-order valence-corrected chi connectivity index (χ0v) is 14.4. The van der Waals surface area contributed by atoms with Gasteiger partial charge in [0, 0.05) is 16.7 Å². The highest BCUT2D eigenvalue weighted by Gasteiger charge is 2.20. The fraction of sp³-hybridized carbons (Fsp3) is 0.111. The molecular weight excluding hydrogens is 358 g/mol. The average molecular weight is 372 g/mol. The number of nitrogens with one attached hydrogen (secondary N) is 1. The Hall–Kier alpha value is -3.37. The molecule has 1 atom stereocenters. The summed E-state index contributed by atoms with van der Waals surface area (Å²) in [6.07, 6.45) is 1.06. The van der Waals surface area contributed by atoms with Crippen molar-refractivity contribution in [1.29, 1.82) is 5.26 Å². The molecule has 2 N–H and O–H groups in total. The van der Waals surface area contributed by atoms with Gasteiger partial charge in [0.2, 0.25) is 5.75 Å². The molecule has 2 aromatic carbocycles. The molecule has 2 rings (SSSR count). The van der Waals surface area contributed by atoms with Gasteiger partial charge in [0.15, 0.2) is 0 Å². The van der Waals surface area contributed by atoms with Gasteiger partial charge in [0.1, 0.15) is 11.6 Å². The van der Waals surface area contributed by atoms with Gasteiger partial charge in [-0.15, -0.1) is 0 Å². The van der Waals surface area contributed by atoms with Gasteiger partial charge in [-0.1, -0.05) is 41.9 Å². The highest BCUT2D eigenvalue weighted by Crippen LogP contribution is 2.34. The Kier molecular flexibility index (Phi) is 5.94. The van der Waals surface area contributed by atoms with E-state index in [0.717, 1.165) is 17.7 Å². The number of halogens is 1. The molecule has 0 heterocycles. The number of hydrogen-bond donors (Lipinski definition) is 2. The van der Waals surface area contributed by atoms with Crippen LogP contribution in [0, 0.1) is 21.4 Å². The third-order valence-electron chi connectivity index (χ3n) is 3.59.